The Labute approximate surface area is 442 Å². The van der Waals surface area contributed by atoms with Gasteiger partial charge in [0.2, 0.25) is 0 Å². The van der Waals surface area contributed by atoms with E-state index in [0.717, 1.165) is 43.1 Å². The highest BCUT2D eigenvalue weighted by atomic mass is 32.3. The van der Waals surface area contributed by atoms with Gasteiger partial charge in [0.15, 0.2) is 10.9 Å². The van der Waals surface area contributed by atoms with Gasteiger partial charge in [-0.15, -0.1) is 20.1 Å². The van der Waals surface area contributed by atoms with Crippen molar-refractivity contribution in [2.75, 3.05) is 0 Å². The van der Waals surface area contributed by atoms with E-state index in [0.29, 0.717) is 27.1 Å². The number of aromatic nitrogens is 1. The second-order valence-corrected chi connectivity index (χ2v) is 27.8. The molecule has 0 aliphatic carbocycles. The normalized spacial score (nSPS) is 12.9. The van der Waals surface area contributed by atoms with E-state index in [2.05, 4.69) is 295 Å². The third kappa shape index (κ3) is 7.66. The van der Waals surface area contributed by atoms with Crippen LogP contribution in [0.2, 0.25) is 0 Å². The Bertz CT molecular complexity index is 3750. The van der Waals surface area contributed by atoms with E-state index in [1.54, 1.807) is 0 Å². The first-order valence-corrected chi connectivity index (χ1v) is 29.1. The molecule has 12 rings (SSSR count). The first-order valence-electron chi connectivity index (χ1n) is 25.8. The van der Waals surface area contributed by atoms with Gasteiger partial charge in [-0.2, -0.15) is 0 Å². The zero-order valence-corrected chi connectivity index (χ0v) is 44.9. The minimum Gasteiger partial charge on any atom is -0.308 e. The van der Waals surface area contributed by atoms with Gasteiger partial charge in [-0.25, -0.2) is 0 Å². The molecule has 0 fully saturated rings. The quantitative estimate of drug-likeness (QED) is 0.107. The van der Waals surface area contributed by atoms with E-state index >= 15 is 9.59 Å². The second-order valence-electron chi connectivity index (χ2n) is 21.6. The van der Waals surface area contributed by atoms with Gasteiger partial charge in [-0.3, -0.25) is 9.59 Å². The Kier molecular flexibility index (Phi) is 11.8. The van der Waals surface area contributed by atoms with Gasteiger partial charge >= 0.3 is 0 Å². The van der Waals surface area contributed by atoms with E-state index in [1.165, 1.54) is 29.4 Å². The highest BCUT2D eigenvalue weighted by molar-refractivity contribution is 8.34. The Morgan fingerprint density at radius 1 is 0.320 bits per heavy atom. The number of benzene rings is 10. The van der Waals surface area contributed by atoms with Crippen molar-refractivity contribution >= 4 is 58.2 Å². The Morgan fingerprint density at radius 2 is 0.613 bits per heavy atom. The van der Waals surface area contributed by atoms with Gasteiger partial charge in [-0.1, -0.05) is 169 Å². The van der Waals surface area contributed by atoms with Crippen LogP contribution < -0.4 is 10.9 Å². The summed E-state index contributed by atoms with van der Waals surface area (Å²) in [5.74, 6) is 0. The minimum atomic E-state index is -2.39. The van der Waals surface area contributed by atoms with Crippen LogP contribution in [0.4, 0.5) is 0 Å². The van der Waals surface area contributed by atoms with Crippen LogP contribution in [0, 0.1) is 0 Å². The number of hydrogen-bond acceptors (Lipinski definition) is 2. The summed E-state index contributed by atoms with van der Waals surface area (Å²) in [6, 6.07) is 89.7. The van der Waals surface area contributed by atoms with Gasteiger partial charge in [0, 0.05) is 66.3 Å². The molecule has 0 unspecified atom stereocenters. The van der Waals surface area contributed by atoms with E-state index in [9.17, 15) is 0 Å². The molecule has 0 amide bonds. The first kappa shape index (κ1) is 48.0. The van der Waals surface area contributed by atoms with Crippen molar-refractivity contribution in [1.82, 2.24) is 4.40 Å². The predicted octanol–water partition coefficient (Wildman–Crippen LogP) is 18.5. The molecule has 0 radical (unpaired) electrons. The molecule has 75 heavy (non-hydrogen) atoms. The minimum absolute atomic E-state index is 0.0902. The molecule has 0 bridgehead atoms. The smallest absolute Gasteiger partial charge is 0.197 e. The molecule has 0 aliphatic heterocycles. The van der Waals surface area contributed by atoms with Crippen molar-refractivity contribution in [2.45, 2.75) is 91.5 Å². The number of rotatable bonds is 9. The van der Waals surface area contributed by atoms with Gasteiger partial charge in [-0.05, 0) is 149 Å². The van der Waals surface area contributed by atoms with Crippen molar-refractivity contribution in [3.8, 4) is 11.1 Å². The molecule has 5 heteroatoms. The SMILES string of the molecule is CC(C)(C)c1ccc2c(c1)c(=O)c1cc(-c3c(S(c4ccccc4)(c4ccccc4)c4ccccc4)cccc3S(c3ccccc3)(c3ccccc3)c3ccccc3)cc3c(=O)c4cc(C(C)(C)C)ccc4n2c13. The average Bonchev–Trinajstić information content (AvgIpc) is 3.45. The van der Waals surface area contributed by atoms with Crippen LogP contribution in [-0.4, -0.2) is 4.40 Å². The molecule has 0 spiro atoms. The third-order valence-electron chi connectivity index (χ3n) is 15.0. The maximum atomic E-state index is 16.0. The maximum Gasteiger partial charge on any atom is 0.197 e. The number of fused-ring (bicyclic) bond motifs is 4. The highest BCUT2D eigenvalue weighted by Gasteiger charge is 2.41. The summed E-state index contributed by atoms with van der Waals surface area (Å²) in [6.45, 7) is 13.1. The van der Waals surface area contributed by atoms with Crippen LogP contribution in [0.15, 0.2) is 297 Å². The van der Waals surface area contributed by atoms with Crippen LogP contribution in [0.5, 0.6) is 0 Å². The van der Waals surface area contributed by atoms with Crippen LogP contribution in [0.3, 0.4) is 0 Å². The summed E-state index contributed by atoms with van der Waals surface area (Å²) in [7, 11) is -4.78. The summed E-state index contributed by atoms with van der Waals surface area (Å²) < 4.78 is 2.20. The zero-order chi connectivity index (χ0) is 51.7. The monoisotopic (exact) mass is 1010 g/mol. The maximum absolute atomic E-state index is 16.0. The third-order valence-corrected chi connectivity index (χ3v) is 22.9. The molecule has 2 aromatic heterocycles. The summed E-state index contributed by atoms with van der Waals surface area (Å²) in [5, 5.41) is 2.28. The van der Waals surface area contributed by atoms with Gasteiger partial charge < -0.3 is 4.40 Å². The molecule has 0 atom stereocenters. The second kappa shape index (κ2) is 18.5. The lowest BCUT2D eigenvalue weighted by Gasteiger charge is -2.47. The average molecular weight is 1010 g/mol. The molecule has 12 aromatic rings. The van der Waals surface area contributed by atoms with Crippen LogP contribution in [0.25, 0.3) is 49.2 Å². The lowest BCUT2D eigenvalue weighted by Crippen LogP contribution is -2.18. The Morgan fingerprint density at radius 3 is 0.893 bits per heavy atom. The summed E-state index contributed by atoms with van der Waals surface area (Å²) in [6.07, 6.45) is 0. The van der Waals surface area contributed by atoms with Gasteiger partial charge in [0.25, 0.3) is 0 Å². The van der Waals surface area contributed by atoms with Crippen molar-refractivity contribution < 1.29 is 0 Å². The van der Waals surface area contributed by atoms with Gasteiger partial charge in [0.1, 0.15) is 0 Å². The fraction of sp³-hybridized carbons (Fsp3) is 0.114. The molecule has 10 aromatic carbocycles. The molecule has 0 saturated carbocycles. The summed E-state index contributed by atoms with van der Waals surface area (Å²) in [5.41, 5.74) is 5.57. The molecule has 2 heterocycles. The molecule has 3 nitrogen and oxygen atoms in total. The molecular weight excluding hydrogens is 951 g/mol. The Balaban J connectivity index is 1.37. The first-order chi connectivity index (χ1) is 36.3. The van der Waals surface area contributed by atoms with E-state index in [4.69, 9.17) is 0 Å². The van der Waals surface area contributed by atoms with Crippen molar-refractivity contribution in [3.05, 3.63) is 280 Å². The van der Waals surface area contributed by atoms with Crippen molar-refractivity contribution in [2.24, 2.45) is 0 Å². The number of hydrogen-bond donors (Lipinski definition) is 0. The number of pyridine rings is 2. The summed E-state index contributed by atoms with van der Waals surface area (Å²) in [4.78, 5) is 41.2. The lowest BCUT2D eigenvalue weighted by molar-refractivity contribution is 0.591. The lowest BCUT2D eigenvalue weighted by atomic mass is 9.85. The Hall–Kier alpha value is -7.96. The predicted molar refractivity (Wildman–Crippen MR) is 316 cm³/mol. The van der Waals surface area contributed by atoms with Crippen LogP contribution >= 0.6 is 20.1 Å². The van der Waals surface area contributed by atoms with E-state index in [-0.39, 0.29) is 21.7 Å². The fourth-order valence-corrected chi connectivity index (χ4v) is 19.7. The van der Waals surface area contributed by atoms with Gasteiger partial charge in [0.05, 0.1) is 16.6 Å². The summed E-state index contributed by atoms with van der Waals surface area (Å²) >= 11 is 0. The van der Waals surface area contributed by atoms with E-state index < -0.39 is 20.1 Å². The van der Waals surface area contributed by atoms with Crippen molar-refractivity contribution in [3.63, 3.8) is 0 Å². The molecular formula is C70H59NO2S2. The standard InChI is InChI=1S/C70H59NO2S2/c1-69(2,3)49-40-42-61-57(46-49)67(72)59-44-48(45-60-66(59)71(61)62-43-41-50(70(4,5)6)47-58(62)68(60)73)65-63(74(51-26-13-7-14-27-51,52-28-15-8-16-29-52)53-30-17-9-18-31-53)38-25-39-64(65)75(54-32-19-10-20-33-54,55-34-21-11-22-35-55)56-36-23-12-24-37-56/h7-47H,1-6H3. The zero-order valence-electron chi connectivity index (χ0n) is 43.3. The molecule has 0 N–H and O–H groups in total. The molecule has 368 valence electrons. The molecule has 0 saturated heterocycles. The van der Waals surface area contributed by atoms with Crippen LogP contribution in [0.1, 0.15) is 52.7 Å². The van der Waals surface area contributed by atoms with Crippen molar-refractivity contribution in [1.29, 1.82) is 0 Å². The van der Waals surface area contributed by atoms with E-state index in [1.807, 2.05) is 0 Å². The van der Waals surface area contributed by atoms with Crippen LogP contribution in [-0.2, 0) is 10.8 Å². The molecule has 0 aliphatic rings. The highest BCUT2D eigenvalue weighted by Crippen LogP contribution is 2.80. The number of nitrogens with zero attached hydrogens (tertiary/aromatic N) is 1. The fourth-order valence-electron chi connectivity index (χ4n) is 11.4. The topological polar surface area (TPSA) is 38.5 Å². The largest absolute Gasteiger partial charge is 0.308 e.